The average Bonchev–Trinajstić information content (AvgIpc) is 2.61. The summed E-state index contributed by atoms with van der Waals surface area (Å²) in [6.45, 7) is 2.32. The van der Waals surface area contributed by atoms with Crippen molar-refractivity contribution in [2.45, 2.75) is 19.4 Å². The molecule has 1 saturated heterocycles. The molecule has 0 aromatic heterocycles. The number of rotatable bonds is 4. The molecule has 2 aromatic carbocycles. The molecule has 2 aromatic rings. The van der Waals surface area contributed by atoms with E-state index in [0.29, 0.717) is 16.6 Å². The summed E-state index contributed by atoms with van der Waals surface area (Å²) in [6, 6.07) is 13.5. The van der Waals surface area contributed by atoms with Crippen LogP contribution in [0.1, 0.15) is 18.4 Å². The number of carbonyl (C=O) groups is 1. The smallest absolute Gasteiger partial charge is 0.223 e. The van der Waals surface area contributed by atoms with Crippen molar-refractivity contribution in [3.8, 4) is 11.1 Å². The Morgan fingerprint density at radius 2 is 1.83 bits per heavy atom. The molecule has 1 aliphatic rings. The van der Waals surface area contributed by atoms with E-state index in [1.807, 2.05) is 36.4 Å². The second-order valence-electron chi connectivity index (χ2n) is 6.02. The van der Waals surface area contributed by atoms with E-state index in [-0.39, 0.29) is 11.8 Å². The molecule has 0 saturated carbocycles. The van der Waals surface area contributed by atoms with Crippen molar-refractivity contribution in [2.75, 3.05) is 13.1 Å². The van der Waals surface area contributed by atoms with Gasteiger partial charge < -0.3 is 10.6 Å². The normalized spacial score (nSPS) is 15.2. The Balaban J connectivity index is 1.75. The molecule has 0 atom stereocenters. The molecular weight excluding hydrogens is 343 g/mol. The van der Waals surface area contributed by atoms with E-state index in [1.165, 1.54) is 0 Å². The third-order valence-corrected chi connectivity index (χ3v) is 4.95. The quantitative estimate of drug-likeness (QED) is 0.852. The molecule has 24 heavy (non-hydrogen) atoms. The lowest BCUT2D eigenvalue weighted by Gasteiger charge is -2.22. The Bertz CT molecular complexity index is 727. The molecule has 2 N–H and O–H groups in total. The van der Waals surface area contributed by atoms with Gasteiger partial charge in [0, 0.05) is 28.1 Å². The Morgan fingerprint density at radius 3 is 2.58 bits per heavy atom. The fourth-order valence-corrected chi connectivity index (χ4v) is 3.57. The molecular formula is C19H20Cl2N2O. The lowest BCUT2D eigenvalue weighted by molar-refractivity contribution is -0.125. The van der Waals surface area contributed by atoms with E-state index < -0.39 is 0 Å². The third-order valence-electron chi connectivity index (χ3n) is 4.40. The largest absolute Gasteiger partial charge is 0.352 e. The van der Waals surface area contributed by atoms with Crippen LogP contribution >= 0.6 is 23.2 Å². The van der Waals surface area contributed by atoms with Gasteiger partial charge in [0.25, 0.3) is 0 Å². The van der Waals surface area contributed by atoms with Crippen LogP contribution in [0, 0.1) is 5.92 Å². The number of piperidine rings is 1. The first-order chi connectivity index (χ1) is 11.6. The van der Waals surface area contributed by atoms with Gasteiger partial charge in [-0.25, -0.2) is 0 Å². The second-order valence-corrected chi connectivity index (χ2v) is 6.87. The predicted octanol–water partition coefficient (Wildman–Crippen LogP) is 4.28. The van der Waals surface area contributed by atoms with Crippen LogP contribution in [0.2, 0.25) is 10.0 Å². The van der Waals surface area contributed by atoms with Crippen molar-refractivity contribution in [3.63, 3.8) is 0 Å². The summed E-state index contributed by atoms with van der Waals surface area (Å²) in [5, 5.41) is 7.58. The fourth-order valence-electron chi connectivity index (χ4n) is 3.06. The molecule has 0 bridgehead atoms. The van der Waals surface area contributed by atoms with E-state index >= 15 is 0 Å². The van der Waals surface area contributed by atoms with Gasteiger partial charge in [0.05, 0.1) is 0 Å². The fraction of sp³-hybridized carbons (Fsp3) is 0.316. The molecule has 0 aliphatic carbocycles. The van der Waals surface area contributed by atoms with Crippen LogP contribution in [-0.4, -0.2) is 19.0 Å². The van der Waals surface area contributed by atoms with Gasteiger partial charge in [-0.3, -0.25) is 4.79 Å². The third kappa shape index (κ3) is 4.10. The summed E-state index contributed by atoms with van der Waals surface area (Å²) in [5.74, 6) is 0.242. The number of halogens is 2. The lowest BCUT2D eigenvalue weighted by Crippen LogP contribution is -2.37. The highest BCUT2D eigenvalue weighted by Gasteiger charge is 2.20. The summed E-state index contributed by atoms with van der Waals surface area (Å²) >= 11 is 12.3. The zero-order valence-corrected chi connectivity index (χ0v) is 14.8. The highest BCUT2D eigenvalue weighted by molar-refractivity contribution is 6.36. The Labute approximate surface area is 152 Å². The van der Waals surface area contributed by atoms with Crippen molar-refractivity contribution in [3.05, 3.63) is 58.1 Å². The van der Waals surface area contributed by atoms with Gasteiger partial charge in [0.15, 0.2) is 0 Å². The highest BCUT2D eigenvalue weighted by Crippen LogP contribution is 2.32. The van der Waals surface area contributed by atoms with Crippen molar-refractivity contribution in [1.29, 1.82) is 0 Å². The van der Waals surface area contributed by atoms with Gasteiger partial charge in [-0.2, -0.15) is 0 Å². The molecule has 1 heterocycles. The summed E-state index contributed by atoms with van der Waals surface area (Å²) in [4.78, 5) is 12.3. The van der Waals surface area contributed by atoms with Gasteiger partial charge in [-0.15, -0.1) is 0 Å². The maximum atomic E-state index is 12.3. The van der Waals surface area contributed by atoms with E-state index in [4.69, 9.17) is 23.2 Å². The molecule has 0 radical (unpaired) electrons. The second kappa shape index (κ2) is 8.02. The maximum Gasteiger partial charge on any atom is 0.223 e. The lowest BCUT2D eigenvalue weighted by atomic mass is 9.96. The van der Waals surface area contributed by atoms with Crippen molar-refractivity contribution in [1.82, 2.24) is 10.6 Å². The molecule has 1 fully saturated rings. The molecule has 1 amide bonds. The first kappa shape index (κ1) is 17.3. The van der Waals surface area contributed by atoms with Crippen molar-refractivity contribution < 1.29 is 4.79 Å². The number of carbonyl (C=O) groups excluding carboxylic acids is 1. The SMILES string of the molecule is O=C(NCc1ccccc1-c1ccc(Cl)cc1Cl)C1CCNCC1. The highest BCUT2D eigenvalue weighted by atomic mass is 35.5. The van der Waals surface area contributed by atoms with Crippen molar-refractivity contribution in [2.24, 2.45) is 5.92 Å². The topological polar surface area (TPSA) is 41.1 Å². The van der Waals surface area contributed by atoms with Crippen LogP contribution in [0.25, 0.3) is 11.1 Å². The number of amides is 1. The standard InChI is InChI=1S/C19H20Cl2N2O/c20-15-5-6-17(18(21)11-15)16-4-2-1-3-14(16)12-23-19(24)13-7-9-22-10-8-13/h1-6,11,13,22H,7-10,12H2,(H,23,24). The van der Waals surface area contributed by atoms with E-state index in [2.05, 4.69) is 10.6 Å². The van der Waals surface area contributed by atoms with Crippen molar-refractivity contribution >= 4 is 29.1 Å². The molecule has 1 aliphatic heterocycles. The monoisotopic (exact) mass is 362 g/mol. The number of hydrogen-bond donors (Lipinski definition) is 2. The van der Waals surface area contributed by atoms with Crippen LogP contribution in [0.3, 0.4) is 0 Å². The molecule has 3 rings (SSSR count). The Morgan fingerprint density at radius 1 is 1.08 bits per heavy atom. The van der Waals surface area contributed by atoms with Crippen LogP contribution in [0.5, 0.6) is 0 Å². The van der Waals surface area contributed by atoms with Gasteiger partial charge in [-0.05, 0) is 49.2 Å². The van der Waals surface area contributed by atoms with Crippen LogP contribution in [0.15, 0.2) is 42.5 Å². The first-order valence-electron chi connectivity index (χ1n) is 8.17. The molecule has 0 spiro atoms. The molecule has 0 unspecified atom stereocenters. The minimum atomic E-state index is 0.109. The van der Waals surface area contributed by atoms with E-state index in [0.717, 1.165) is 42.6 Å². The van der Waals surface area contributed by atoms with Gasteiger partial charge in [0.1, 0.15) is 0 Å². The first-order valence-corrected chi connectivity index (χ1v) is 8.92. The number of nitrogens with one attached hydrogen (secondary N) is 2. The zero-order valence-electron chi connectivity index (χ0n) is 13.3. The van der Waals surface area contributed by atoms with Gasteiger partial charge in [0.2, 0.25) is 5.91 Å². The number of hydrogen-bond acceptors (Lipinski definition) is 2. The van der Waals surface area contributed by atoms with E-state index in [1.54, 1.807) is 6.07 Å². The molecule has 5 heteroatoms. The summed E-state index contributed by atoms with van der Waals surface area (Å²) in [7, 11) is 0. The Hall–Kier alpha value is -1.55. The maximum absolute atomic E-state index is 12.3. The predicted molar refractivity (Wildman–Crippen MR) is 99.3 cm³/mol. The minimum Gasteiger partial charge on any atom is -0.352 e. The van der Waals surface area contributed by atoms with Crippen LogP contribution in [0.4, 0.5) is 0 Å². The van der Waals surface area contributed by atoms with Crippen LogP contribution in [-0.2, 0) is 11.3 Å². The average molecular weight is 363 g/mol. The van der Waals surface area contributed by atoms with Gasteiger partial charge >= 0.3 is 0 Å². The Kier molecular flexibility index (Phi) is 5.77. The number of benzene rings is 2. The molecule has 3 nitrogen and oxygen atoms in total. The van der Waals surface area contributed by atoms with E-state index in [9.17, 15) is 4.79 Å². The molecule has 126 valence electrons. The summed E-state index contributed by atoms with van der Waals surface area (Å²) in [5.41, 5.74) is 2.99. The minimum absolute atomic E-state index is 0.109. The zero-order chi connectivity index (χ0) is 16.9. The van der Waals surface area contributed by atoms with Crippen LogP contribution < -0.4 is 10.6 Å². The summed E-state index contributed by atoms with van der Waals surface area (Å²) in [6.07, 6.45) is 1.80. The van der Waals surface area contributed by atoms with Gasteiger partial charge in [-0.1, -0.05) is 53.5 Å². The summed E-state index contributed by atoms with van der Waals surface area (Å²) < 4.78 is 0.